The lowest BCUT2D eigenvalue weighted by atomic mass is 9.78. The Balaban J connectivity index is 1.48. The van der Waals surface area contributed by atoms with Gasteiger partial charge in [0.1, 0.15) is 0 Å². The van der Waals surface area contributed by atoms with Crippen molar-refractivity contribution in [1.82, 2.24) is 10.6 Å². The molecule has 0 heterocycles. The van der Waals surface area contributed by atoms with E-state index in [9.17, 15) is 0 Å². The molecule has 0 amide bonds. The average Bonchev–Trinajstić information content (AvgIpc) is 2.53. The summed E-state index contributed by atoms with van der Waals surface area (Å²) in [5.41, 5.74) is 5.51. The fourth-order valence-electron chi connectivity index (χ4n) is 2.88. The quantitative estimate of drug-likeness (QED) is 0.671. The van der Waals surface area contributed by atoms with E-state index in [-0.39, 0.29) is 0 Å². The van der Waals surface area contributed by atoms with Crippen LogP contribution in [0.4, 0.5) is 0 Å². The Morgan fingerprint density at radius 3 is 2.59 bits per heavy atom. The Labute approximate surface area is 132 Å². The molecule has 2 N–H and O–H groups in total. The fraction of sp³-hybridized carbons (Fsp3) is 0.316. The van der Waals surface area contributed by atoms with Gasteiger partial charge in [-0.2, -0.15) is 0 Å². The fourth-order valence-corrected chi connectivity index (χ4v) is 2.88. The van der Waals surface area contributed by atoms with Gasteiger partial charge in [-0.05, 0) is 30.0 Å². The van der Waals surface area contributed by atoms with E-state index in [0.717, 1.165) is 25.5 Å². The number of guanidine groups is 1. The zero-order valence-corrected chi connectivity index (χ0v) is 13.3. The topological polar surface area (TPSA) is 36.4 Å². The minimum atomic E-state index is 0.606. The van der Waals surface area contributed by atoms with Gasteiger partial charge in [0, 0.05) is 26.1 Å². The maximum Gasteiger partial charge on any atom is 0.191 e. The Hall–Kier alpha value is -2.29. The van der Waals surface area contributed by atoms with E-state index in [1.54, 1.807) is 0 Å². The van der Waals surface area contributed by atoms with Gasteiger partial charge in [-0.15, -0.1) is 0 Å². The van der Waals surface area contributed by atoms with Crippen LogP contribution in [0.2, 0.25) is 0 Å². The molecule has 0 aromatic heterocycles. The van der Waals surface area contributed by atoms with E-state index >= 15 is 0 Å². The van der Waals surface area contributed by atoms with Gasteiger partial charge in [0.15, 0.2) is 5.96 Å². The lowest BCUT2D eigenvalue weighted by molar-refractivity contribution is 0.584. The molecule has 0 aliphatic heterocycles. The number of hydrogen-bond acceptors (Lipinski definition) is 1. The molecule has 1 aliphatic carbocycles. The Morgan fingerprint density at radius 2 is 1.86 bits per heavy atom. The summed E-state index contributed by atoms with van der Waals surface area (Å²) in [5, 5.41) is 6.80. The molecule has 3 rings (SSSR count). The minimum absolute atomic E-state index is 0.606. The monoisotopic (exact) mass is 293 g/mol. The number of hydrogen-bond donors (Lipinski definition) is 2. The van der Waals surface area contributed by atoms with E-state index in [1.807, 2.05) is 7.05 Å². The molecule has 2 aromatic carbocycles. The van der Waals surface area contributed by atoms with Crippen LogP contribution in [-0.4, -0.2) is 19.6 Å². The van der Waals surface area contributed by atoms with Gasteiger partial charge in [0.25, 0.3) is 0 Å². The number of nitrogens with zero attached hydrogens (tertiary/aromatic N) is 1. The summed E-state index contributed by atoms with van der Waals surface area (Å²) in [4.78, 5) is 4.30. The highest BCUT2D eigenvalue weighted by Crippen LogP contribution is 2.33. The highest BCUT2D eigenvalue weighted by molar-refractivity contribution is 5.79. The molecule has 2 aromatic rings. The minimum Gasteiger partial charge on any atom is -0.356 e. The van der Waals surface area contributed by atoms with Crippen LogP contribution in [0.25, 0.3) is 0 Å². The van der Waals surface area contributed by atoms with Crippen molar-refractivity contribution in [3.63, 3.8) is 0 Å². The van der Waals surface area contributed by atoms with Gasteiger partial charge < -0.3 is 10.6 Å². The first-order valence-corrected chi connectivity index (χ1v) is 7.84. The molecule has 0 saturated carbocycles. The molecule has 0 radical (unpaired) electrons. The first kappa shape index (κ1) is 14.6. The van der Waals surface area contributed by atoms with E-state index in [0.29, 0.717) is 5.92 Å². The van der Waals surface area contributed by atoms with Crippen LogP contribution >= 0.6 is 0 Å². The van der Waals surface area contributed by atoms with Crippen LogP contribution in [0, 0.1) is 6.92 Å². The first-order chi connectivity index (χ1) is 10.8. The van der Waals surface area contributed by atoms with Crippen molar-refractivity contribution in [3.05, 3.63) is 70.8 Å². The van der Waals surface area contributed by atoms with Crippen LogP contribution in [-0.2, 0) is 13.0 Å². The highest BCUT2D eigenvalue weighted by Gasteiger charge is 2.25. The molecule has 0 fully saturated rings. The molecule has 1 aliphatic rings. The Morgan fingerprint density at radius 1 is 1.09 bits per heavy atom. The molecule has 0 bridgehead atoms. The molecular formula is C19H23N3. The van der Waals surface area contributed by atoms with Crippen molar-refractivity contribution >= 4 is 5.96 Å². The van der Waals surface area contributed by atoms with Crippen LogP contribution in [0.5, 0.6) is 0 Å². The van der Waals surface area contributed by atoms with Crippen molar-refractivity contribution in [3.8, 4) is 0 Å². The van der Waals surface area contributed by atoms with Gasteiger partial charge in [-0.25, -0.2) is 0 Å². The van der Waals surface area contributed by atoms with Crippen LogP contribution in [0.15, 0.2) is 53.5 Å². The predicted molar refractivity (Wildman–Crippen MR) is 92.3 cm³/mol. The zero-order chi connectivity index (χ0) is 15.4. The summed E-state index contributed by atoms with van der Waals surface area (Å²) in [6, 6.07) is 17.3. The summed E-state index contributed by atoms with van der Waals surface area (Å²) in [5.74, 6) is 1.47. The van der Waals surface area contributed by atoms with Gasteiger partial charge in [0.2, 0.25) is 0 Å². The molecule has 22 heavy (non-hydrogen) atoms. The number of nitrogens with one attached hydrogen (secondary N) is 2. The Bertz CT molecular complexity index is 659. The van der Waals surface area contributed by atoms with Crippen molar-refractivity contribution in [2.45, 2.75) is 25.8 Å². The highest BCUT2D eigenvalue weighted by atomic mass is 15.2. The molecular weight excluding hydrogens is 270 g/mol. The third kappa shape index (κ3) is 3.30. The van der Waals surface area contributed by atoms with Crippen molar-refractivity contribution < 1.29 is 0 Å². The number of benzene rings is 2. The molecule has 0 saturated heterocycles. The zero-order valence-electron chi connectivity index (χ0n) is 13.3. The largest absolute Gasteiger partial charge is 0.356 e. The van der Waals surface area contributed by atoms with Gasteiger partial charge >= 0.3 is 0 Å². The summed E-state index contributed by atoms with van der Waals surface area (Å²) in [6.07, 6.45) is 1.16. The standard InChI is InChI=1S/C19H23N3/c1-14-7-9-15(10-8-14)12-21-19(20-2)22-13-17-11-16-5-3-4-6-18(16)17/h3-10,17H,11-13H2,1-2H3,(H2,20,21,22). The second kappa shape index (κ2) is 6.65. The van der Waals surface area contributed by atoms with Crippen LogP contribution in [0.3, 0.4) is 0 Å². The molecule has 3 nitrogen and oxygen atoms in total. The van der Waals surface area contributed by atoms with Gasteiger partial charge in [0.05, 0.1) is 0 Å². The third-order valence-electron chi connectivity index (χ3n) is 4.28. The second-order valence-electron chi connectivity index (χ2n) is 5.89. The molecule has 0 spiro atoms. The summed E-state index contributed by atoms with van der Waals surface area (Å²) in [7, 11) is 1.82. The third-order valence-corrected chi connectivity index (χ3v) is 4.28. The molecule has 3 heteroatoms. The van der Waals surface area contributed by atoms with E-state index in [2.05, 4.69) is 71.1 Å². The summed E-state index contributed by atoms with van der Waals surface area (Å²) >= 11 is 0. The number of aryl methyl sites for hydroxylation is 1. The van der Waals surface area contributed by atoms with Gasteiger partial charge in [-0.3, -0.25) is 4.99 Å². The lowest BCUT2D eigenvalue weighted by Gasteiger charge is -2.30. The van der Waals surface area contributed by atoms with E-state index in [4.69, 9.17) is 0 Å². The second-order valence-corrected chi connectivity index (χ2v) is 5.89. The van der Waals surface area contributed by atoms with Crippen molar-refractivity contribution in [2.75, 3.05) is 13.6 Å². The van der Waals surface area contributed by atoms with Crippen LogP contribution < -0.4 is 10.6 Å². The number of rotatable bonds is 4. The Kier molecular flexibility index (Phi) is 4.42. The first-order valence-electron chi connectivity index (χ1n) is 7.84. The summed E-state index contributed by atoms with van der Waals surface area (Å²) in [6.45, 7) is 3.83. The normalized spacial score (nSPS) is 16.6. The summed E-state index contributed by atoms with van der Waals surface area (Å²) < 4.78 is 0. The van der Waals surface area contributed by atoms with Crippen molar-refractivity contribution in [1.29, 1.82) is 0 Å². The molecule has 1 atom stereocenters. The average molecular weight is 293 g/mol. The van der Waals surface area contributed by atoms with Gasteiger partial charge in [-0.1, -0.05) is 54.1 Å². The van der Waals surface area contributed by atoms with Crippen molar-refractivity contribution in [2.24, 2.45) is 4.99 Å². The molecule has 1 unspecified atom stereocenters. The maximum absolute atomic E-state index is 4.30. The SMILES string of the molecule is CN=C(NCc1ccc(C)cc1)NCC1Cc2ccccc21. The predicted octanol–water partition coefficient (Wildman–Crippen LogP) is 3.00. The lowest BCUT2D eigenvalue weighted by Crippen LogP contribution is -2.40. The number of fused-ring (bicyclic) bond motifs is 1. The van der Waals surface area contributed by atoms with E-state index in [1.165, 1.54) is 22.3 Å². The number of aliphatic imine (C=N–C) groups is 1. The smallest absolute Gasteiger partial charge is 0.191 e. The maximum atomic E-state index is 4.30. The van der Waals surface area contributed by atoms with E-state index < -0.39 is 0 Å². The van der Waals surface area contributed by atoms with Crippen LogP contribution in [0.1, 0.15) is 28.2 Å². The molecule has 114 valence electrons.